The van der Waals surface area contributed by atoms with Gasteiger partial charge in [-0.3, -0.25) is 4.90 Å². The number of anilines is 3. The standard InChI is InChI=1S/C15H14N4O/c1-19(13-8-3-2-4-9-13)15-18-17-14(20-15)11-6-5-7-12(16)10-11/h2-10H,16H2,1H3. The summed E-state index contributed by atoms with van der Waals surface area (Å²) >= 11 is 0. The first kappa shape index (κ1) is 12.2. The zero-order valence-electron chi connectivity index (χ0n) is 11.0. The van der Waals surface area contributed by atoms with Crippen LogP contribution in [0.25, 0.3) is 11.5 Å². The van der Waals surface area contributed by atoms with Crippen LogP contribution in [0.15, 0.2) is 59.0 Å². The van der Waals surface area contributed by atoms with Crippen LogP contribution in [0.2, 0.25) is 0 Å². The number of nitrogens with zero attached hydrogens (tertiary/aromatic N) is 3. The van der Waals surface area contributed by atoms with Crippen LogP contribution in [0.5, 0.6) is 0 Å². The normalized spacial score (nSPS) is 10.4. The van der Waals surface area contributed by atoms with Gasteiger partial charge in [0.05, 0.1) is 0 Å². The molecule has 2 aromatic carbocycles. The van der Waals surface area contributed by atoms with Crippen molar-refractivity contribution in [2.75, 3.05) is 17.7 Å². The molecule has 0 unspecified atom stereocenters. The highest BCUT2D eigenvalue weighted by Gasteiger charge is 2.13. The molecule has 5 heteroatoms. The van der Waals surface area contributed by atoms with E-state index in [4.69, 9.17) is 10.2 Å². The van der Waals surface area contributed by atoms with Gasteiger partial charge < -0.3 is 10.2 Å². The third-order valence-corrected chi connectivity index (χ3v) is 2.98. The highest BCUT2D eigenvalue weighted by atomic mass is 16.4. The lowest BCUT2D eigenvalue weighted by Gasteiger charge is -2.13. The smallest absolute Gasteiger partial charge is 0.322 e. The van der Waals surface area contributed by atoms with Crippen molar-refractivity contribution in [1.82, 2.24) is 10.2 Å². The molecule has 2 N–H and O–H groups in total. The topological polar surface area (TPSA) is 68.2 Å². The molecule has 3 aromatic rings. The van der Waals surface area contributed by atoms with Gasteiger partial charge in [0.1, 0.15) is 0 Å². The predicted molar refractivity (Wildman–Crippen MR) is 78.7 cm³/mol. The quantitative estimate of drug-likeness (QED) is 0.738. The molecule has 5 nitrogen and oxygen atoms in total. The molecule has 100 valence electrons. The van der Waals surface area contributed by atoms with Crippen molar-refractivity contribution in [3.63, 3.8) is 0 Å². The van der Waals surface area contributed by atoms with E-state index in [0.717, 1.165) is 11.3 Å². The largest absolute Gasteiger partial charge is 0.403 e. The van der Waals surface area contributed by atoms with Gasteiger partial charge in [-0.05, 0) is 30.3 Å². The van der Waals surface area contributed by atoms with Gasteiger partial charge in [0.2, 0.25) is 5.89 Å². The summed E-state index contributed by atoms with van der Waals surface area (Å²) in [6.45, 7) is 0. The summed E-state index contributed by atoms with van der Waals surface area (Å²) < 4.78 is 5.69. The number of rotatable bonds is 3. The fourth-order valence-electron chi connectivity index (χ4n) is 1.90. The molecular weight excluding hydrogens is 252 g/mol. The molecule has 0 saturated heterocycles. The average molecular weight is 266 g/mol. The molecule has 0 aliphatic carbocycles. The summed E-state index contributed by atoms with van der Waals surface area (Å²) in [6, 6.07) is 17.6. The molecule has 3 rings (SSSR count). The Morgan fingerprint density at radius 1 is 1.00 bits per heavy atom. The van der Waals surface area contributed by atoms with Crippen molar-refractivity contribution in [3.05, 3.63) is 54.6 Å². The van der Waals surface area contributed by atoms with E-state index in [1.807, 2.05) is 60.5 Å². The van der Waals surface area contributed by atoms with E-state index >= 15 is 0 Å². The Hall–Kier alpha value is -2.82. The first-order valence-corrected chi connectivity index (χ1v) is 6.22. The number of aromatic nitrogens is 2. The first-order chi connectivity index (χ1) is 9.74. The number of para-hydroxylation sites is 1. The Kier molecular flexibility index (Phi) is 3.09. The minimum absolute atomic E-state index is 0.439. The summed E-state index contributed by atoms with van der Waals surface area (Å²) in [6.07, 6.45) is 0. The Balaban J connectivity index is 1.91. The van der Waals surface area contributed by atoms with E-state index in [1.165, 1.54) is 0 Å². The SMILES string of the molecule is CN(c1ccccc1)c1nnc(-c2cccc(N)c2)o1. The minimum Gasteiger partial charge on any atom is -0.403 e. The zero-order chi connectivity index (χ0) is 13.9. The summed E-state index contributed by atoms with van der Waals surface area (Å²) in [4.78, 5) is 1.84. The summed E-state index contributed by atoms with van der Waals surface area (Å²) in [5.41, 5.74) is 8.21. The van der Waals surface area contributed by atoms with Crippen LogP contribution in [0.1, 0.15) is 0 Å². The lowest BCUT2D eigenvalue weighted by molar-refractivity contribution is 0.571. The number of nitrogen functional groups attached to an aromatic ring is 1. The number of nitrogens with two attached hydrogens (primary N) is 1. The maximum Gasteiger partial charge on any atom is 0.322 e. The van der Waals surface area contributed by atoms with Crippen molar-refractivity contribution >= 4 is 17.4 Å². The van der Waals surface area contributed by atoms with Crippen LogP contribution in [0, 0.1) is 0 Å². The van der Waals surface area contributed by atoms with Gasteiger partial charge in [-0.2, -0.15) is 0 Å². The van der Waals surface area contributed by atoms with E-state index in [0.29, 0.717) is 17.6 Å². The van der Waals surface area contributed by atoms with E-state index in [1.54, 1.807) is 6.07 Å². The number of benzene rings is 2. The lowest BCUT2D eigenvalue weighted by atomic mass is 10.2. The Morgan fingerprint density at radius 2 is 1.80 bits per heavy atom. The van der Waals surface area contributed by atoms with Crippen molar-refractivity contribution in [1.29, 1.82) is 0 Å². The molecule has 1 heterocycles. The second-order valence-electron chi connectivity index (χ2n) is 4.41. The fourth-order valence-corrected chi connectivity index (χ4v) is 1.90. The van der Waals surface area contributed by atoms with Crippen LogP contribution in [-0.4, -0.2) is 17.2 Å². The fraction of sp³-hybridized carbons (Fsp3) is 0.0667. The highest BCUT2D eigenvalue weighted by molar-refractivity contribution is 5.61. The molecule has 1 aromatic heterocycles. The monoisotopic (exact) mass is 266 g/mol. The molecule has 0 aliphatic heterocycles. The molecule has 0 amide bonds. The zero-order valence-corrected chi connectivity index (χ0v) is 11.0. The maximum atomic E-state index is 5.75. The lowest BCUT2D eigenvalue weighted by Crippen LogP contribution is -2.09. The van der Waals surface area contributed by atoms with Crippen LogP contribution in [0.3, 0.4) is 0 Å². The van der Waals surface area contributed by atoms with Crippen molar-refractivity contribution < 1.29 is 4.42 Å². The molecule has 20 heavy (non-hydrogen) atoms. The van der Waals surface area contributed by atoms with Crippen molar-refractivity contribution in [2.45, 2.75) is 0 Å². The van der Waals surface area contributed by atoms with Gasteiger partial charge in [-0.15, -0.1) is 5.10 Å². The molecule has 0 aliphatic rings. The minimum atomic E-state index is 0.439. The van der Waals surface area contributed by atoms with E-state index in [-0.39, 0.29) is 0 Å². The molecule has 0 spiro atoms. The summed E-state index contributed by atoms with van der Waals surface area (Å²) in [7, 11) is 1.88. The maximum absolute atomic E-state index is 5.75. The van der Waals surface area contributed by atoms with Crippen LogP contribution in [-0.2, 0) is 0 Å². The van der Waals surface area contributed by atoms with E-state index < -0.39 is 0 Å². The second-order valence-corrected chi connectivity index (χ2v) is 4.41. The Bertz CT molecular complexity index is 709. The van der Waals surface area contributed by atoms with E-state index in [9.17, 15) is 0 Å². The summed E-state index contributed by atoms with van der Waals surface area (Å²) in [5.74, 6) is 0.454. The van der Waals surface area contributed by atoms with Gasteiger partial charge in [-0.25, -0.2) is 0 Å². The van der Waals surface area contributed by atoms with Crippen LogP contribution >= 0.6 is 0 Å². The average Bonchev–Trinajstić information content (AvgIpc) is 2.97. The number of hydrogen-bond acceptors (Lipinski definition) is 5. The van der Waals surface area contributed by atoms with E-state index in [2.05, 4.69) is 10.2 Å². The Labute approximate surface area is 116 Å². The van der Waals surface area contributed by atoms with Gasteiger partial charge in [-0.1, -0.05) is 29.4 Å². The third-order valence-electron chi connectivity index (χ3n) is 2.98. The molecule has 0 bridgehead atoms. The van der Waals surface area contributed by atoms with Crippen LogP contribution < -0.4 is 10.6 Å². The summed E-state index contributed by atoms with van der Waals surface area (Å²) in [5, 5.41) is 8.13. The van der Waals surface area contributed by atoms with Crippen molar-refractivity contribution in [3.8, 4) is 11.5 Å². The Morgan fingerprint density at radius 3 is 2.55 bits per heavy atom. The van der Waals surface area contributed by atoms with Crippen LogP contribution in [0.4, 0.5) is 17.4 Å². The molecule has 0 saturated carbocycles. The van der Waals surface area contributed by atoms with Gasteiger partial charge in [0.25, 0.3) is 0 Å². The molecule has 0 fully saturated rings. The first-order valence-electron chi connectivity index (χ1n) is 6.22. The van der Waals surface area contributed by atoms with Gasteiger partial charge >= 0.3 is 6.01 Å². The van der Waals surface area contributed by atoms with Gasteiger partial charge in [0.15, 0.2) is 0 Å². The predicted octanol–water partition coefficient (Wildman–Crippen LogP) is 3.09. The molecule has 0 radical (unpaired) electrons. The third kappa shape index (κ3) is 2.33. The van der Waals surface area contributed by atoms with Gasteiger partial charge in [0, 0.05) is 24.0 Å². The highest BCUT2D eigenvalue weighted by Crippen LogP contribution is 2.26. The molecule has 0 atom stereocenters. The van der Waals surface area contributed by atoms with Crippen molar-refractivity contribution in [2.24, 2.45) is 0 Å². The number of hydrogen-bond donors (Lipinski definition) is 1. The molecular formula is C15H14N4O. The second kappa shape index (κ2) is 5.05.